The third kappa shape index (κ3) is 4.87. The van der Waals surface area contributed by atoms with Crippen molar-refractivity contribution in [2.45, 2.75) is 6.92 Å². The van der Waals surface area contributed by atoms with E-state index in [-0.39, 0.29) is 5.91 Å². The van der Waals surface area contributed by atoms with Gasteiger partial charge in [0.25, 0.3) is 5.91 Å². The highest BCUT2D eigenvalue weighted by Gasteiger charge is 2.20. The van der Waals surface area contributed by atoms with Gasteiger partial charge in [-0.2, -0.15) is 0 Å². The fourth-order valence-electron chi connectivity index (χ4n) is 3.19. The summed E-state index contributed by atoms with van der Waals surface area (Å²) < 4.78 is 10.5. The minimum Gasteiger partial charge on any atom is -0.497 e. The van der Waals surface area contributed by atoms with Crippen molar-refractivity contribution in [2.24, 2.45) is 0 Å². The van der Waals surface area contributed by atoms with Crippen molar-refractivity contribution in [3.63, 3.8) is 0 Å². The lowest BCUT2D eigenvalue weighted by Gasteiger charge is -2.23. The molecular weight excluding hydrogens is 420 g/mol. The summed E-state index contributed by atoms with van der Waals surface area (Å²) in [5.41, 5.74) is 2.64. The van der Waals surface area contributed by atoms with Gasteiger partial charge in [0.2, 0.25) is 11.9 Å². The van der Waals surface area contributed by atoms with E-state index in [1.807, 2.05) is 25.1 Å². The SMILES string of the molecule is COc1cc(OC)cc(C(=O)Nc2ccc(C)c(N(c3ncccn3)c3ncccn3)c2)c1. The number of hydrogen-bond acceptors (Lipinski definition) is 8. The van der Waals surface area contributed by atoms with Gasteiger partial charge in [-0.05, 0) is 48.9 Å². The molecule has 1 amide bonds. The number of methoxy groups -OCH3 is 2. The fraction of sp³-hybridized carbons (Fsp3) is 0.125. The van der Waals surface area contributed by atoms with E-state index in [2.05, 4.69) is 25.3 Å². The average molecular weight is 442 g/mol. The van der Waals surface area contributed by atoms with E-state index in [0.29, 0.717) is 34.6 Å². The summed E-state index contributed by atoms with van der Waals surface area (Å²) in [5.74, 6) is 1.57. The first kappa shape index (κ1) is 21.7. The van der Waals surface area contributed by atoms with E-state index in [9.17, 15) is 4.79 Å². The number of ether oxygens (including phenoxy) is 2. The van der Waals surface area contributed by atoms with Crippen molar-refractivity contribution < 1.29 is 14.3 Å². The Morgan fingerprint density at radius 2 is 1.36 bits per heavy atom. The summed E-state index contributed by atoms with van der Waals surface area (Å²) in [6.45, 7) is 1.95. The van der Waals surface area contributed by atoms with Crippen LogP contribution in [0.15, 0.2) is 73.3 Å². The van der Waals surface area contributed by atoms with E-state index in [1.165, 1.54) is 14.2 Å². The van der Waals surface area contributed by atoms with Crippen molar-refractivity contribution in [1.29, 1.82) is 0 Å². The molecule has 0 aliphatic carbocycles. The highest BCUT2D eigenvalue weighted by Crippen LogP contribution is 2.34. The maximum atomic E-state index is 13.0. The van der Waals surface area contributed by atoms with Crippen molar-refractivity contribution in [1.82, 2.24) is 19.9 Å². The van der Waals surface area contributed by atoms with E-state index >= 15 is 0 Å². The molecule has 166 valence electrons. The molecule has 33 heavy (non-hydrogen) atoms. The largest absolute Gasteiger partial charge is 0.497 e. The second-order valence-corrected chi connectivity index (χ2v) is 6.99. The third-order valence-corrected chi connectivity index (χ3v) is 4.83. The lowest BCUT2D eigenvalue weighted by molar-refractivity contribution is 0.102. The van der Waals surface area contributed by atoms with Crippen LogP contribution in [0.25, 0.3) is 0 Å². The normalized spacial score (nSPS) is 10.4. The molecule has 0 saturated carbocycles. The zero-order valence-electron chi connectivity index (χ0n) is 18.4. The maximum Gasteiger partial charge on any atom is 0.255 e. The van der Waals surface area contributed by atoms with Gasteiger partial charge in [0, 0.05) is 42.1 Å². The summed E-state index contributed by atoms with van der Waals surface area (Å²) in [6, 6.07) is 14.0. The molecule has 0 unspecified atom stereocenters. The zero-order chi connectivity index (χ0) is 23.2. The van der Waals surface area contributed by atoms with Gasteiger partial charge in [0.15, 0.2) is 0 Å². The summed E-state index contributed by atoms with van der Waals surface area (Å²) in [6.07, 6.45) is 6.59. The van der Waals surface area contributed by atoms with Crippen LogP contribution in [-0.4, -0.2) is 40.1 Å². The Bertz CT molecular complexity index is 1190. The Morgan fingerprint density at radius 3 is 1.88 bits per heavy atom. The molecule has 0 saturated heterocycles. The zero-order valence-corrected chi connectivity index (χ0v) is 18.4. The fourth-order valence-corrected chi connectivity index (χ4v) is 3.19. The molecule has 0 atom stereocenters. The Hall–Kier alpha value is -4.53. The molecule has 2 aromatic heterocycles. The molecule has 0 fully saturated rings. The van der Waals surface area contributed by atoms with Gasteiger partial charge in [0.05, 0.1) is 19.9 Å². The van der Waals surface area contributed by atoms with E-state index in [1.54, 1.807) is 60.0 Å². The van der Waals surface area contributed by atoms with Crippen molar-refractivity contribution in [3.05, 3.63) is 84.4 Å². The summed E-state index contributed by atoms with van der Waals surface area (Å²) in [4.78, 5) is 32.2. The lowest BCUT2D eigenvalue weighted by Crippen LogP contribution is -2.18. The second-order valence-electron chi connectivity index (χ2n) is 6.99. The minimum absolute atomic E-state index is 0.305. The standard InChI is InChI=1S/C24H22N6O3/c1-16-6-7-18(29-22(31)17-12-19(32-2)15-20(13-17)33-3)14-21(16)30(23-25-8-4-9-26-23)24-27-10-5-11-28-24/h4-15H,1-3H3,(H,29,31). The first-order valence-electron chi connectivity index (χ1n) is 10.1. The molecule has 0 aliphatic rings. The average Bonchev–Trinajstić information content (AvgIpc) is 2.87. The maximum absolute atomic E-state index is 13.0. The van der Waals surface area contributed by atoms with Crippen LogP contribution in [-0.2, 0) is 0 Å². The van der Waals surface area contributed by atoms with Crippen LogP contribution >= 0.6 is 0 Å². The van der Waals surface area contributed by atoms with Crippen LogP contribution in [0.4, 0.5) is 23.3 Å². The summed E-state index contributed by atoms with van der Waals surface area (Å²) in [5, 5.41) is 2.93. The van der Waals surface area contributed by atoms with Crippen molar-refractivity contribution >= 4 is 29.2 Å². The Balaban J connectivity index is 1.71. The van der Waals surface area contributed by atoms with Crippen LogP contribution < -0.4 is 19.7 Å². The molecule has 9 nitrogen and oxygen atoms in total. The van der Waals surface area contributed by atoms with E-state index in [4.69, 9.17) is 9.47 Å². The molecular formula is C24H22N6O3. The summed E-state index contributed by atoms with van der Waals surface area (Å²) >= 11 is 0. The Kier molecular flexibility index (Phi) is 6.40. The van der Waals surface area contributed by atoms with Crippen molar-refractivity contribution in [2.75, 3.05) is 24.4 Å². The lowest BCUT2D eigenvalue weighted by atomic mass is 10.1. The number of anilines is 4. The monoisotopic (exact) mass is 442 g/mol. The number of aryl methyl sites for hydroxylation is 1. The number of nitrogens with zero attached hydrogens (tertiary/aromatic N) is 5. The highest BCUT2D eigenvalue weighted by molar-refractivity contribution is 6.05. The molecule has 2 aromatic carbocycles. The van der Waals surface area contributed by atoms with E-state index < -0.39 is 0 Å². The van der Waals surface area contributed by atoms with Gasteiger partial charge in [-0.25, -0.2) is 24.8 Å². The number of carbonyl (C=O) groups excluding carboxylic acids is 1. The van der Waals surface area contributed by atoms with E-state index in [0.717, 1.165) is 11.3 Å². The number of hydrogen-bond donors (Lipinski definition) is 1. The third-order valence-electron chi connectivity index (χ3n) is 4.83. The van der Waals surface area contributed by atoms with Crippen molar-refractivity contribution in [3.8, 4) is 11.5 Å². The van der Waals surface area contributed by atoms with Gasteiger partial charge in [-0.3, -0.25) is 4.79 Å². The van der Waals surface area contributed by atoms with Crippen LogP contribution in [0.2, 0.25) is 0 Å². The van der Waals surface area contributed by atoms with Gasteiger partial charge < -0.3 is 14.8 Å². The smallest absolute Gasteiger partial charge is 0.255 e. The van der Waals surface area contributed by atoms with Crippen LogP contribution in [0.1, 0.15) is 15.9 Å². The molecule has 0 spiro atoms. The predicted octanol–water partition coefficient (Wildman–Crippen LogP) is 4.31. The Labute approximate surface area is 191 Å². The molecule has 0 radical (unpaired) electrons. The molecule has 0 aliphatic heterocycles. The van der Waals surface area contributed by atoms with Gasteiger partial charge >= 0.3 is 0 Å². The molecule has 2 heterocycles. The van der Waals surface area contributed by atoms with Crippen LogP contribution in [0.5, 0.6) is 11.5 Å². The van der Waals surface area contributed by atoms with Crippen LogP contribution in [0, 0.1) is 6.92 Å². The minimum atomic E-state index is -0.305. The first-order chi connectivity index (χ1) is 16.1. The number of carbonyl (C=O) groups is 1. The number of amides is 1. The topological polar surface area (TPSA) is 102 Å². The number of aromatic nitrogens is 4. The summed E-state index contributed by atoms with van der Waals surface area (Å²) in [7, 11) is 3.07. The highest BCUT2D eigenvalue weighted by atomic mass is 16.5. The molecule has 4 rings (SSSR count). The molecule has 9 heteroatoms. The number of nitrogens with one attached hydrogen (secondary N) is 1. The molecule has 4 aromatic rings. The first-order valence-corrected chi connectivity index (χ1v) is 10.1. The Morgan fingerprint density at radius 1 is 0.818 bits per heavy atom. The molecule has 1 N–H and O–H groups in total. The quantitative estimate of drug-likeness (QED) is 0.452. The van der Waals surface area contributed by atoms with Gasteiger partial charge in [-0.15, -0.1) is 0 Å². The second kappa shape index (κ2) is 9.73. The van der Waals surface area contributed by atoms with Gasteiger partial charge in [0.1, 0.15) is 11.5 Å². The van der Waals surface area contributed by atoms with Gasteiger partial charge in [-0.1, -0.05) is 6.07 Å². The predicted molar refractivity (Wildman–Crippen MR) is 125 cm³/mol. The number of benzene rings is 2. The molecule has 0 bridgehead atoms. The van der Waals surface area contributed by atoms with Crippen LogP contribution in [0.3, 0.4) is 0 Å². The number of rotatable bonds is 7.